The van der Waals surface area contributed by atoms with Crippen LogP contribution in [-0.2, 0) is 34.3 Å². The van der Waals surface area contributed by atoms with Gasteiger partial charge < -0.3 is 21.3 Å². The fourth-order valence-corrected chi connectivity index (χ4v) is 7.93. The van der Waals surface area contributed by atoms with Crippen molar-refractivity contribution in [2.24, 2.45) is 5.73 Å². The van der Waals surface area contributed by atoms with Gasteiger partial charge in [-0.2, -0.15) is 9.52 Å². The van der Waals surface area contributed by atoms with E-state index in [0.29, 0.717) is 28.3 Å². The second kappa shape index (κ2) is 12.0. The van der Waals surface area contributed by atoms with E-state index in [1.807, 2.05) is 0 Å². The lowest BCUT2D eigenvalue weighted by atomic mass is 10.1. The molecular formula is C27H31N11O4S2. The largest absolute Gasteiger partial charge is 0.384 e. The lowest BCUT2D eigenvalue weighted by molar-refractivity contribution is -0.122. The maximum Gasteiger partial charge on any atom is 0.283 e. The summed E-state index contributed by atoms with van der Waals surface area (Å²) in [5.74, 6) is -0.494. The highest BCUT2D eigenvalue weighted by Crippen LogP contribution is 2.29. The molecule has 0 radical (unpaired) electrons. The van der Waals surface area contributed by atoms with Crippen molar-refractivity contribution in [3.05, 3.63) is 63.4 Å². The number of thiazole rings is 1. The van der Waals surface area contributed by atoms with Gasteiger partial charge in [0.2, 0.25) is 15.9 Å². The fourth-order valence-electron chi connectivity index (χ4n) is 5.43. The second-order valence-electron chi connectivity index (χ2n) is 10.8. The third kappa shape index (κ3) is 6.03. The van der Waals surface area contributed by atoms with E-state index in [0.717, 1.165) is 22.4 Å². The third-order valence-corrected chi connectivity index (χ3v) is 10.7. The number of nitrogens with one attached hydrogen (secondary N) is 4. The fraction of sp³-hybridized carbons (Fsp3) is 0.370. The van der Waals surface area contributed by atoms with Crippen LogP contribution in [0.3, 0.4) is 0 Å². The molecule has 2 aromatic carbocycles. The van der Waals surface area contributed by atoms with E-state index < -0.39 is 16.1 Å². The zero-order valence-electron chi connectivity index (χ0n) is 23.8. The van der Waals surface area contributed by atoms with Gasteiger partial charge in [0.15, 0.2) is 10.8 Å². The average molecular weight is 638 g/mol. The zero-order chi connectivity index (χ0) is 31.0. The molecule has 4 heterocycles. The first kappa shape index (κ1) is 29.7. The number of aromatic nitrogens is 5. The molecule has 2 unspecified atom stereocenters. The lowest BCUT2D eigenvalue weighted by Crippen LogP contribution is -2.57. The van der Waals surface area contributed by atoms with E-state index in [1.54, 1.807) is 35.2 Å². The summed E-state index contributed by atoms with van der Waals surface area (Å²) in [6.45, 7) is 2.80. The number of aromatic amines is 1. The number of piperazine rings is 1. The summed E-state index contributed by atoms with van der Waals surface area (Å²) < 4.78 is 29.0. The summed E-state index contributed by atoms with van der Waals surface area (Å²) in [5.41, 5.74) is 7.04. The Morgan fingerprint density at radius 3 is 2.75 bits per heavy atom. The van der Waals surface area contributed by atoms with Gasteiger partial charge in [0.05, 0.1) is 23.2 Å². The van der Waals surface area contributed by atoms with Crippen LogP contribution in [0.4, 0.5) is 0 Å². The predicted molar refractivity (Wildman–Crippen MR) is 161 cm³/mol. The topological polar surface area (TPSA) is 216 Å². The van der Waals surface area contributed by atoms with Crippen molar-refractivity contribution in [2.75, 3.05) is 19.6 Å². The highest BCUT2D eigenvalue weighted by atomic mass is 32.2. The maximum absolute atomic E-state index is 13.9. The molecule has 1 saturated heterocycles. The molecule has 0 saturated carbocycles. The third-order valence-electron chi connectivity index (χ3n) is 7.79. The summed E-state index contributed by atoms with van der Waals surface area (Å²) in [6.07, 6.45) is 0.583. The van der Waals surface area contributed by atoms with Crippen LogP contribution in [0.1, 0.15) is 45.1 Å². The molecule has 2 atom stereocenters. The quantitative estimate of drug-likeness (QED) is 0.132. The second-order valence-corrected chi connectivity index (χ2v) is 13.9. The van der Waals surface area contributed by atoms with E-state index in [1.165, 1.54) is 21.7 Å². The minimum atomic E-state index is -3.98. The summed E-state index contributed by atoms with van der Waals surface area (Å²) in [7, 11) is -3.98. The van der Waals surface area contributed by atoms with Crippen LogP contribution in [-0.4, -0.2) is 92.6 Å². The number of rotatable bonds is 8. The minimum Gasteiger partial charge on any atom is -0.384 e. The molecule has 2 aliphatic rings. The predicted octanol–water partition coefficient (Wildman–Crippen LogP) is 0.349. The number of sulfonamides is 1. The smallest absolute Gasteiger partial charge is 0.283 e. The minimum absolute atomic E-state index is 0.0326. The zero-order valence-corrected chi connectivity index (χ0v) is 25.4. The number of benzene rings is 2. The van der Waals surface area contributed by atoms with E-state index in [2.05, 4.69) is 43.2 Å². The SMILES string of the molecule is CC1Cc2nc(C(=O)N3CCN(S(=O)(=O)c4ccc5cc(C(=N)N)ccc5c4)CC3CC(=O)NCc3nn[nH]n3)sc2CN1. The Balaban J connectivity index is 1.24. The van der Waals surface area contributed by atoms with Crippen LogP contribution in [0.2, 0.25) is 0 Å². The number of nitrogens with zero attached hydrogens (tertiary/aromatic N) is 6. The van der Waals surface area contributed by atoms with Gasteiger partial charge in [-0.3, -0.25) is 15.0 Å². The number of hydrogen-bond donors (Lipinski definition) is 5. The molecule has 15 nitrogen and oxygen atoms in total. The number of nitrogen functional groups attached to an aromatic ring is 1. The lowest BCUT2D eigenvalue weighted by Gasteiger charge is -2.40. The van der Waals surface area contributed by atoms with Crippen LogP contribution in [0.5, 0.6) is 0 Å². The van der Waals surface area contributed by atoms with Crippen LogP contribution < -0.4 is 16.4 Å². The Morgan fingerprint density at radius 1 is 1.18 bits per heavy atom. The van der Waals surface area contributed by atoms with Crippen molar-refractivity contribution in [3.8, 4) is 0 Å². The van der Waals surface area contributed by atoms with Crippen LogP contribution >= 0.6 is 11.3 Å². The first-order chi connectivity index (χ1) is 21.1. The summed E-state index contributed by atoms with van der Waals surface area (Å²) in [5, 5.41) is 29.0. The number of fused-ring (bicyclic) bond motifs is 2. The van der Waals surface area contributed by atoms with Gasteiger partial charge in [0.25, 0.3) is 5.91 Å². The number of amides is 2. The number of hydrogen-bond acceptors (Lipinski definition) is 11. The van der Waals surface area contributed by atoms with Crippen molar-refractivity contribution >= 4 is 49.8 Å². The van der Waals surface area contributed by atoms with Gasteiger partial charge in [-0.1, -0.05) is 23.4 Å². The molecule has 2 aliphatic heterocycles. The first-order valence-electron chi connectivity index (χ1n) is 14.0. The first-order valence-corrected chi connectivity index (χ1v) is 16.2. The summed E-state index contributed by atoms with van der Waals surface area (Å²) in [4.78, 5) is 34.1. The molecule has 6 rings (SSSR count). The molecule has 6 N–H and O–H groups in total. The van der Waals surface area contributed by atoms with Crippen molar-refractivity contribution in [1.29, 1.82) is 5.41 Å². The molecule has 17 heteroatoms. The molecule has 0 spiro atoms. The molecule has 4 aromatic rings. The Kier molecular flexibility index (Phi) is 8.10. The standard InChI is InChI=1S/C27H31N11O4S2/c1-15-8-21-22(12-30-15)43-26(32-21)27(40)38-7-6-37(14-19(38)11-24(39)31-13-23-33-35-36-34-23)44(41,42)20-5-4-16-9-18(25(28)29)3-2-17(16)10-20/h2-5,9-10,15,19,30H,6-8,11-14H2,1H3,(H3,28,29)(H,31,39)(H,33,34,35,36). The van der Waals surface area contributed by atoms with Gasteiger partial charge >= 0.3 is 0 Å². The molecular weight excluding hydrogens is 607 g/mol. The average Bonchev–Trinajstić information content (AvgIpc) is 3.69. The van der Waals surface area contributed by atoms with Gasteiger partial charge in [-0.15, -0.1) is 21.5 Å². The summed E-state index contributed by atoms with van der Waals surface area (Å²) >= 11 is 1.33. The number of H-pyrrole nitrogens is 1. The van der Waals surface area contributed by atoms with E-state index in [-0.39, 0.29) is 61.2 Å². The Morgan fingerprint density at radius 2 is 1.98 bits per heavy atom. The highest BCUT2D eigenvalue weighted by molar-refractivity contribution is 7.89. The van der Waals surface area contributed by atoms with Gasteiger partial charge in [0.1, 0.15) is 5.84 Å². The Bertz CT molecular complexity index is 1840. The highest BCUT2D eigenvalue weighted by Gasteiger charge is 2.39. The molecule has 230 valence electrons. The molecule has 2 amide bonds. The molecule has 1 fully saturated rings. The molecule has 44 heavy (non-hydrogen) atoms. The normalized spacial score (nSPS) is 19.1. The van der Waals surface area contributed by atoms with Crippen LogP contribution in [0.15, 0.2) is 41.3 Å². The number of carbonyl (C=O) groups excluding carboxylic acids is 2. The van der Waals surface area contributed by atoms with Crippen LogP contribution in [0, 0.1) is 5.41 Å². The van der Waals surface area contributed by atoms with Gasteiger partial charge in [-0.25, -0.2) is 13.4 Å². The van der Waals surface area contributed by atoms with E-state index in [4.69, 9.17) is 11.1 Å². The van der Waals surface area contributed by atoms with Crippen molar-refractivity contribution < 1.29 is 18.0 Å². The Labute approximate surface area is 256 Å². The van der Waals surface area contributed by atoms with E-state index >= 15 is 0 Å². The molecule has 0 aliphatic carbocycles. The summed E-state index contributed by atoms with van der Waals surface area (Å²) in [6, 6.07) is 9.40. The Hall–Kier alpha value is -4.32. The number of carbonyl (C=O) groups is 2. The van der Waals surface area contributed by atoms with Crippen molar-refractivity contribution in [3.63, 3.8) is 0 Å². The van der Waals surface area contributed by atoms with Crippen molar-refractivity contribution in [1.82, 2.24) is 45.4 Å². The monoisotopic (exact) mass is 637 g/mol. The number of nitrogens with two attached hydrogens (primary N) is 1. The number of tetrazole rings is 1. The van der Waals surface area contributed by atoms with Gasteiger partial charge in [0, 0.05) is 55.5 Å². The van der Waals surface area contributed by atoms with Crippen molar-refractivity contribution in [2.45, 2.75) is 49.8 Å². The van der Waals surface area contributed by atoms with E-state index in [9.17, 15) is 18.0 Å². The maximum atomic E-state index is 13.9. The molecule has 2 aromatic heterocycles. The van der Waals surface area contributed by atoms with Crippen LogP contribution in [0.25, 0.3) is 10.8 Å². The molecule has 0 bridgehead atoms. The number of amidine groups is 1. The van der Waals surface area contributed by atoms with Gasteiger partial charge in [-0.05, 0) is 35.9 Å².